The maximum atomic E-state index is 5.26. The molecule has 2 heterocycles. The van der Waals surface area contributed by atoms with Crippen molar-refractivity contribution in [3.8, 4) is 5.75 Å². The summed E-state index contributed by atoms with van der Waals surface area (Å²) in [5.74, 6) is 0.860. The number of rotatable bonds is 2. The highest BCUT2D eigenvalue weighted by atomic mass is 32.1. The molecule has 0 unspecified atom stereocenters. The number of hydrogen-bond acceptors (Lipinski definition) is 4. The van der Waals surface area contributed by atoms with Gasteiger partial charge in [-0.05, 0) is 23.3 Å². The Morgan fingerprint density at radius 1 is 1.10 bits per heavy atom. The van der Waals surface area contributed by atoms with Gasteiger partial charge in [-0.15, -0.1) is 0 Å². The Balaban J connectivity index is 1.70. The summed E-state index contributed by atoms with van der Waals surface area (Å²) >= 11 is 1.74. The third-order valence-corrected chi connectivity index (χ3v) is 4.79. The van der Waals surface area contributed by atoms with E-state index in [2.05, 4.69) is 35.2 Å². The van der Waals surface area contributed by atoms with Gasteiger partial charge in [0.1, 0.15) is 5.75 Å². The molecule has 0 fully saturated rings. The highest BCUT2D eigenvalue weighted by molar-refractivity contribution is 7.22. The standard InChI is InChI=1S/C16H14N2OS/c1-19-13-6-7-15-14(8-13)17-16(20-15)18-9-11-4-2-3-5-12(11)10-18/h2-8H,9-10H2,1H3. The molecule has 0 saturated heterocycles. The molecule has 0 radical (unpaired) electrons. The molecule has 0 spiro atoms. The topological polar surface area (TPSA) is 25.4 Å². The lowest BCUT2D eigenvalue weighted by molar-refractivity contribution is 0.415. The van der Waals surface area contributed by atoms with Gasteiger partial charge in [0.25, 0.3) is 0 Å². The first-order valence-corrected chi connectivity index (χ1v) is 7.41. The Morgan fingerprint density at radius 2 is 1.85 bits per heavy atom. The first-order valence-electron chi connectivity index (χ1n) is 6.60. The van der Waals surface area contributed by atoms with Crippen LogP contribution in [0.3, 0.4) is 0 Å². The minimum Gasteiger partial charge on any atom is -0.497 e. The van der Waals surface area contributed by atoms with Gasteiger partial charge in [0.15, 0.2) is 5.13 Å². The molecule has 0 N–H and O–H groups in total. The normalized spacial score (nSPS) is 13.8. The van der Waals surface area contributed by atoms with Crippen LogP contribution in [0.25, 0.3) is 10.2 Å². The second kappa shape index (κ2) is 4.49. The lowest BCUT2D eigenvalue weighted by Crippen LogP contribution is -2.13. The lowest BCUT2D eigenvalue weighted by Gasteiger charge is -2.12. The van der Waals surface area contributed by atoms with Crippen molar-refractivity contribution < 1.29 is 4.74 Å². The van der Waals surface area contributed by atoms with Crippen LogP contribution in [0.5, 0.6) is 5.75 Å². The fourth-order valence-corrected chi connectivity index (χ4v) is 3.57. The van der Waals surface area contributed by atoms with E-state index in [1.807, 2.05) is 12.1 Å². The zero-order valence-corrected chi connectivity index (χ0v) is 12.0. The SMILES string of the molecule is COc1ccc2sc(N3Cc4ccccc4C3)nc2c1. The number of anilines is 1. The molecule has 0 bridgehead atoms. The summed E-state index contributed by atoms with van der Waals surface area (Å²) < 4.78 is 6.46. The monoisotopic (exact) mass is 282 g/mol. The molecule has 0 aliphatic carbocycles. The third-order valence-electron chi connectivity index (χ3n) is 3.69. The Bertz CT molecular complexity index is 756. The number of benzene rings is 2. The fourth-order valence-electron chi connectivity index (χ4n) is 2.63. The molecule has 1 aromatic heterocycles. The molecule has 2 aromatic carbocycles. The van der Waals surface area contributed by atoms with Gasteiger partial charge >= 0.3 is 0 Å². The molecule has 4 heteroatoms. The number of thiazole rings is 1. The van der Waals surface area contributed by atoms with Crippen LogP contribution < -0.4 is 9.64 Å². The van der Waals surface area contributed by atoms with E-state index < -0.39 is 0 Å². The Kier molecular flexibility index (Phi) is 2.63. The summed E-state index contributed by atoms with van der Waals surface area (Å²) in [7, 11) is 1.69. The molecule has 0 amide bonds. The second-order valence-corrected chi connectivity index (χ2v) is 5.96. The number of ether oxygens (including phenoxy) is 1. The van der Waals surface area contributed by atoms with E-state index in [9.17, 15) is 0 Å². The van der Waals surface area contributed by atoms with Crippen LogP contribution in [0, 0.1) is 0 Å². The van der Waals surface area contributed by atoms with Gasteiger partial charge in [-0.3, -0.25) is 0 Å². The summed E-state index contributed by atoms with van der Waals surface area (Å²) in [5, 5.41) is 1.09. The smallest absolute Gasteiger partial charge is 0.187 e. The van der Waals surface area contributed by atoms with E-state index in [0.29, 0.717) is 0 Å². The summed E-state index contributed by atoms with van der Waals surface area (Å²) in [6.45, 7) is 1.90. The van der Waals surface area contributed by atoms with Gasteiger partial charge in [0.2, 0.25) is 0 Å². The molecule has 3 aromatic rings. The van der Waals surface area contributed by atoms with Gasteiger partial charge < -0.3 is 9.64 Å². The van der Waals surface area contributed by atoms with Gasteiger partial charge in [0, 0.05) is 19.2 Å². The van der Waals surface area contributed by atoms with E-state index >= 15 is 0 Å². The van der Waals surface area contributed by atoms with Crippen molar-refractivity contribution in [2.24, 2.45) is 0 Å². The lowest BCUT2D eigenvalue weighted by atomic mass is 10.1. The van der Waals surface area contributed by atoms with E-state index in [-0.39, 0.29) is 0 Å². The van der Waals surface area contributed by atoms with Gasteiger partial charge in [-0.25, -0.2) is 4.98 Å². The van der Waals surface area contributed by atoms with Crippen molar-refractivity contribution in [1.82, 2.24) is 4.98 Å². The second-order valence-electron chi connectivity index (χ2n) is 4.95. The van der Waals surface area contributed by atoms with Crippen molar-refractivity contribution in [2.75, 3.05) is 12.0 Å². The molecular formula is C16H14N2OS. The number of fused-ring (bicyclic) bond motifs is 2. The average molecular weight is 282 g/mol. The van der Waals surface area contributed by atoms with Crippen LogP contribution in [0.4, 0.5) is 5.13 Å². The first kappa shape index (κ1) is 11.7. The number of methoxy groups -OCH3 is 1. The summed E-state index contributed by atoms with van der Waals surface area (Å²) in [4.78, 5) is 7.09. The molecule has 0 saturated carbocycles. The largest absolute Gasteiger partial charge is 0.497 e. The molecule has 4 rings (SSSR count). The molecule has 1 aliphatic rings. The fraction of sp³-hybridized carbons (Fsp3) is 0.188. The quantitative estimate of drug-likeness (QED) is 0.714. The third kappa shape index (κ3) is 1.84. The summed E-state index contributed by atoms with van der Waals surface area (Å²) in [5.41, 5.74) is 3.83. The van der Waals surface area contributed by atoms with Crippen LogP contribution in [-0.4, -0.2) is 12.1 Å². The van der Waals surface area contributed by atoms with Crippen molar-refractivity contribution >= 4 is 26.7 Å². The van der Waals surface area contributed by atoms with Gasteiger partial charge in [0.05, 0.1) is 17.3 Å². The Hall–Kier alpha value is -2.07. The van der Waals surface area contributed by atoms with Crippen LogP contribution in [0.2, 0.25) is 0 Å². The van der Waals surface area contributed by atoms with Crippen LogP contribution in [-0.2, 0) is 13.1 Å². The molecule has 1 aliphatic heterocycles. The van der Waals surface area contributed by atoms with E-state index in [1.165, 1.54) is 15.8 Å². The predicted molar refractivity (Wildman–Crippen MR) is 82.5 cm³/mol. The van der Waals surface area contributed by atoms with E-state index in [1.54, 1.807) is 18.4 Å². The van der Waals surface area contributed by atoms with E-state index in [4.69, 9.17) is 9.72 Å². The van der Waals surface area contributed by atoms with Crippen molar-refractivity contribution in [1.29, 1.82) is 0 Å². The summed E-state index contributed by atoms with van der Waals surface area (Å²) in [6.07, 6.45) is 0. The zero-order chi connectivity index (χ0) is 13.5. The highest BCUT2D eigenvalue weighted by Gasteiger charge is 2.21. The molecule has 20 heavy (non-hydrogen) atoms. The number of nitrogens with zero attached hydrogens (tertiary/aromatic N) is 2. The first-order chi connectivity index (χ1) is 9.83. The van der Waals surface area contributed by atoms with Crippen molar-refractivity contribution in [3.63, 3.8) is 0 Å². The Morgan fingerprint density at radius 3 is 2.55 bits per heavy atom. The predicted octanol–water partition coefficient (Wildman–Crippen LogP) is 3.83. The number of hydrogen-bond donors (Lipinski definition) is 0. The number of aromatic nitrogens is 1. The van der Waals surface area contributed by atoms with Gasteiger partial charge in [-0.2, -0.15) is 0 Å². The summed E-state index contributed by atoms with van der Waals surface area (Å²) in [6, 6.07) is 14.7. The minimum atomic E-state index is 0.860. The van der Waals surface area contributed by atoms with E-state index in [0.717, 1.165) is 29.5 Å². The molecule has 0 atom stereocenters. The van der Waals surface area contributed by atoms with Crippen LogP contribution >= 0.6 is 11.3 Å². The maximum Gasteiger partial charge on any atom is 0.187 e. The minimum absolute atomic E-state index is 0.860. The van der Waals surface area contributed by atoms with Crippen molar-refractivity contribution in [3.05, 3.63) is 53.6 Å². The van der Waals surface area contributed by atoms with Gasteiger partial charge in [-0.1, -0.05) is 35.6 Å². The van der Waals surface area contributed by atoms with Crippen molar-refractivity contribution in [2.45, 2.75) is 13.1 Å². The molecular weight excluding hydrogens is 268 g/mol. The zero-order valence-electron chi connectivity index (χ0n) is 11.2. The van der Waals surface area contributed by atoms with Crippen LogP contribution in [0.1, 0.15) is 11.1 Å². The highest BCUT2D eigenvalue weighted by Crippen LogP contribution is 2.35. The maximum absolute atomic E-state index is 5.26. The molecule has 100 valence electrons. The molecule has 3 nitrogen and oxygen atoms in total. The van der Waals surface area contributed by atoms with Crippen LogP contribution in [0.15, 0.2) is 42.5 Å². The Labute approximate surface area is 121 Å². The average Bonchev–Trinajstić information content (AvgIpc) is 3.09.